The molecule has 0 amide bonds. The number of carbonyl (C=O) groups excluding carboxylic acids is 2. The minimum absolute atomic E-state index is 0.277. The summed E-state index contributed by atoms with van der Waals surface area (Å²) in [5.74, 6) is 0.787. The van der Waals surface area contributed by atoms with Gasteiger partial charge in [-0.05, 0) is 72.1 Å². The molecule has 66 heavy (non-hydrogen) atoms. The van der Waals surface area contributed by atoms with Crippen LogP contribution in [-0.4, -0.2) is 71.5 Å². The summed E-state index contributed by atoms with van der Waals surface area (Å²) in [6.45, 7) is 9.61. The number of para-hydroxylation sites is 4. The van der Waals surface area contributed by atoms with Crippen LogP contribution in [0.1, 0.15) is 53.4 Å². The van der Waals surface area contributed by atoms with E-state index in [1.54, 1.807) is 12.1 Å². The van der Waals surface area contributed by atoms with E-state index in [0.717, 1.165) is 58.0 Å². The van der Waals surface area contributed by atoms with Crippen molar-refractivity contribution < 1.29 is 38.0 Å². The second-order valence-electron chi connectivity index (χ2n) is 16.4. The zero-order chi connectivity index (χ0) is 45.3. The Balaban J connectivity index is 1.40. The number of nitrogens with zero attached hydrogens (tertiary/aromatic N) is 4. The van der Waals surface area contributed by atoms with Gasteiger partial charge in [-0.25, -0.2) is 19.9 Å². The average Bonchev–Trinajstić information content (AvgIpc) is 3.31. The van der Waals surface area contributed by atoms with Gasteiger partial charge in [0.15, 0.2) is 0 Å². The summed E-state index contributed by atoms with van der Waals surface area (Å²) >= 11 is 0. The Labute approximate surface area is 379 Å². The number of esters is 2. The molecule has 0 aliphatic heterocycles. The van der Waals surface area contributed by atoms with Gasteiger partial charge in [-0.2, -0.15) is 0 Å². The molecule has 10 aromatic rings. The molecule has 10 rings (SSSR count). The molecular weight excluding hydrogens is 833 g/mol. The van der Waals surface area contributed by atoms with Crippen molar-refractivity contribution in [3.8, 4) is 23.0 Å². The molecule has 8 aromatic carbocycles. The highest BCUT2D eigenvalue weighted by molar-refractivity contribution is 6.39. The lowest BCUT2D eigenvalue weighted by molar-refractivity contribution is -0.132. The van der Waals surface area contributed by atoms with Crippen LogP contribution in [0, 0.1) is 0 Å². The van der Waals surface area contributed by atoms with E-state index < -0.39 is 11.9 Å². The molecular formula is C54H48N4O8. The zero-order valence-corrected chi connectivity index (χ0v) is 37.4. The van der Waals surface area contributed by atoms with Gasteiger partial charge in [-0.1, -0.05) is 63.1 Å². The SMILES string of the molecule is CCCCOCCOc1cc2c(OC(C)=O)cc3nc4ccccc4nc3c2c2c1ccc1ccc3c(OCCOCCCC)cc4c(OC(C)=O)cc5nc6ccccc6nc5c4c3c12. The molecule has 0 radical (unpaired) electrons. The lowest BCUT2D eigenvalue weighted by Crippen LogP contribution is -2.08. The summed E-state index contributed by atoms with van der Waals surface area (Å²) in [6, 6.07) is 31.1. The quantitative estimate of drug-likeness (QED) is 0.0300. The Bertz CT molecular complexity index is 3330. The third kappa shape index (κ3) is 7.96. The van der Waals surface area contributed by atoms with Gasteiger partial charge >= 0.3 is 11.9 Å². The van der Waals surface area contributed by atoms with E-state index in [1.807, 2.05) is 60.7 Å². The first-order valence-electron chi connectivity index (χ1n) is 22.6. The van der Waals surface area contributed by atoms with Gasteiger partial charge in [0.1, 0.15) is 36.2 Å². The molecule has 332 valence electrons. The number of unbranched alkanes of at least 4 members (excludes halogenated alkanes) is 2. The average molecular weight is 881 g/mol. The van der Waals surface area contributed by atoms with Crippen molar-refractivity contribution in [2.75, 3.05) is 39.6 Å². The summed E-state index contributed by atoms with van der Waals surface area (Å²) in [7, 11) is 0. The number of hydrogen-bond acceptors (Lipinski definition) is 12. The number of hydrogen-bond donors (Lipinski definition) is 0. The third-order valence-corrected chi connectivity index (χ3v) is 11.8. The first-order valence-corrected chi connectivity index (χ1v) is 22.6. The van der Waals surface area contributed by atoms with Crippen molar-refractivity contribution in [3.05, 3.63) is 97.1 Å². The molecule has 0 fully saturated rings. The highest BCUT2D eigenvalue weighted by Gasteiger charge is 2.25. The van der Waals surface area contributed by atoms with Gasteiger partial charge in [-0.3, -0.25) is 9.59 Å². The van der Waals surface area contributed by atoms with Crippen molar-refractivity contribution in [1.29, 1.82) is 0 Å². The van der Waals surface area contributed by atoms with Crippen LogP contribution in [-0.2, 0) is 19.1 Å². The topological polar surface area (TPSA) is 141 Å². The van der Waals surface area contributed by atoms with E-state index in [0.29, 0.717) is 115 Å². The molecule has 0 spiro atoms. The second-order valence-corrected chi connectivity index (χ2v) is 16.4. The minimum Gasteiger partial charge on any atom is -0.491 e. The van der Waals surface area contributed by atoms with Gasteiger partial charge in [0, 0.05) is 82.3 Å². The summed E-state index contributed by atoms with van der Waals surface area (Å²) in [6.07, 6.45) is 3.95. The molecule has 0 bridgehead atoms. The molecule has 12 heteroatoms. The fraction of sp³-hybridized carbons (Fsp3) is 0.259. The van der Waals surface area contributed by atoms with Gasteiger partial charge in [-0.15, -0.1) is 0 Å². The fourth-order valence-corrected chi connectivity index (χ4v) is 8.90. The molecule has 0 N–H and O–H groups in total. The molecule has 0 aliphatic carbocycles. The number of ether oxygens (including phenoxy) is 6. The van der Waals surface area contributed by atoms with E-state index >= 15 is 0 Å². The Morgan fingerprint density at radius 3 is 1.26 bits per heavy atom. The molecule has 2 heterocycles. The molecule has 0 unspecified atom stereocenters. The van der Waals surface area contributed by atoms with Gasteiger partial charge in [0.2, 0.25) is 0 Å². The van der Waals surface area contributed by atoms with Crippen LogP contribution in [0.5, 0.6) is 23.0 Å². The Morgan fingerprint density at radius 1 is 0.424 bits per heavy atom. The molecule has 0 saturated heterocycles. The monoisotopic (exact) mass is 880 g/mol. The Kier molecular flexibility index (Phi) is 11.8. The molecule has 2 aromatic heterocycles. The number of benzene rings is 8. The van der Waals surface area contributed by atoms with E-state index in [2.05, 4.69) is 38.1 Å². The summed E-state index contributed by atoms with van der Waals surface area (Å²) in [5, 5.41) is 7.48. The van der Waals surface area contributed by atoms with Crippen molar-refractivity contribution in [2.45, 2.75) is 53.4 Å². The maximum atomic E-state index is 12.9. The van der Waals surface area contributed by atoms with Crippen molar-refractivity contribution in [2.24, 2.45) is 0 Å². The molecule has 12 nitrogen and oxygen atoms in total. The van der Waals surface area contributed by atoms with E-state index in [1.165, 1.54) is 13.8 Å². The van der Waals surface area contributed by atoms with Crippen LogP contribution >= 0.6 is 0 Å². The van der Waals surface area contributed by atoms with Gasteiger partial charge < -0.3 is 28.4 Å². The van der Waals surface area contributed by atoms with Crippen LogP contribution in [0.25, 0.3) is 98.0 Å². The lowest BCUT2D eigenvalue weighted by Gasteiger charge is -2.20. The Hall–Kier alpha value is -7.28. The van der Waals surface area contributed by atoms with Crippen molar-refractivity contribution in [1.82, 2.24) is 19.9 Å². The minimum atomic E-state index is -0.485. The number of carbonyl (C=O) groups is 2. The number of rotatable bonds is 16. The van der Waals surface area contributed by atoms with Gasteiger partial charge in [0.25, 0.3) is 0 Å². The first kappa shape index (κ1) is 42.7. The number of fused-ring (bicyclic) bond motifs is 15. The second kappa shape index (κ2) is 18.3. The van der Waals surface area contributed by atoms with E-state index in [4.69, 9.17) is 48.4 Å². The maximum absolute atomic E-state index is 12.9. The first-order chi connectivity index (χ1) is 32.3. The summed E-state index contributed by atoms with van der Waals surface area (Å²) in [5.41, 5.74) is 5.12. The van der Waals surface area contributed by atoms with Crippen LogP contribution in [0.2, 0.25) is 0 Å². The molecule has 0 saturated carbocycles. The fourth-order valence-electron chi connectivity index (χ4n) is 8.90. The summed E-state index contributed by atoms with van der Waals surface area (Å²) < 4.78 is 37.4. The zero-order valence-electron chi connectivity index (χ0n) is 37.4. The lowest BCUT2D eigenvalue weighted by atomic mass is 9.88. The Morgan fingerprint density at radius 2 is 0.848 bits per heavy atom. The largest absolute Gasteiger partial charge is 0.491 e. The van der Waals surface area contributed by atoms with Crippen LogP contribution in [0.4, 0.5) is 0 Å². The smallest absolute Gasteiger partial charge is 0.308 e. The molecule has 0 atom stereocenters. The highest BCUT2D eigenvalue weighted by Crippen LogP contribution is 2.50. The predicted octanol–water partition coefficient (Wildman–Crippen LogP) is 11.9. The summed E-state index contributed by atoms with van der Waals surface area (Å²) in [4.78, 5) is 46.6. The van der Waals surface area contributed by atoms with Crippen LogP contribution in [0.15, 0.2) is 97.1 Å². The van der Waals surface area contributed by atoms with Crippen LogP contribution < -0.4 is 18.9 Å². The highest BCUT2D eigenvalue weighted by atomic mass is 16.5. The maximum Gasteiger partial charge on any atom is 0.308 e. The predicted molar refractivity (Wildman–Crippen MR) is 260 cm³/mol. The number of aromatic nitrogens is 4. The van der Waals surface area contributed by atoms with E-state index in [9.17, 15) is 9.59 Å². The molecule has 0 aliphatic rings. The van der Waals surface area contributed by atoms with Crippen LogP contribution in [0.3, 0.4) is 0 Å². The van der Waals surface area contributed by atoms with Crippen molar-refractivity contribution in [3.63, 3.8) is 0 Å². The van der Waals surface area contributed by atoms with Gasteiger partial charge in [0.05, 0.1) is 57.3 Å². The van der Waals surface area contributed by atoms with Crippen molar-refractivity contribution >= 4 is 110 Å². The normalized spacial score (nSPS) is 11.9. The van der Waals surface area contributed by atoms with E-state index in [-0.39, 0.29) is 13.2 Å². The standard InChI is InChI=1S/C54H48N4O8/c1-5-7-21-61-23-25-63-44-27-36-46(65-31(3)59)29-42-53(57-40-15-11-9-13-38(40)55-42)51(36)49-34(44)19-17-33-18-20-35-45(64-26-24-62-22-8-6-2)28-37-47(66-32(4)60)30-43-54(52(37)50(35)48(33)49)58-41-16-12-10-14-39(41)56-43/h9-20,27-30H,5-8,21-26H2,1-4H3. The third-order valence-electron chi connectivity index (χ3n) is 11.8.